The number of aromatic nitrogens is 3. The quantitative estimate of drug-likeness (QED) is 0.748. The van der Waals surface area contributed by atoms with Gasteiger partial charge in [-0.1, -0.05) is 24.3 Å². The summed E-state index contributed by atoms with van der Waals surface area (Å²) in [5.41, 5.74) is 6.73. The second-order valence-electron chi connectivity index (χ2n) is 8.19. The van der Waals surface area contributed by atoms with Gasteiger partial charge in [0.25, 0.3) is 0 Å². The Hall–Kier alpha value is -3.20. The van der Waals surface area contributed by atoms with Gasteiger partial charge in [0.2, 0.25) is 5.91 Å². The molecule has 6 nitrogen and oxygen atoms in total. The van der Waals surface area contributed by atoms with E-state index in [1.807, 2.05) is 13.8 Å². The number of amides is 1. The first kappa shape index (κ1) is 17.9. The fraction of sp³-hybridized carbons (Fsp3) is 0.391. The van der Waals surface area contributed by atoms with Crippen LogP contribution in [0.2, 0.25) is 0 Å². The van der Waals surface area contributed by atoms with Crippen molar-refractivity contribution in [2.24, 2.45) is 5.92 Å². The largest absolute Gasteiger partial charge is 0.352 e. The van der Waals surface area contributed by atoms with Gasteiger partial charge in [0.15, 0.2) is 5.65 Å². The summed E-state index contributed by atoms with van der Waals surface area (Å²) in [6.07, 6.45) is 4.86. The highest BCUT2D eigenvalue weighted by Gasteiger charge is 2.53. The van der Waals surface area contributed by atoms with Gasteiger partial charge in [0.1, 0.15) is 11.6 Å². The van der Waals surface area contributed by atoms with Gasteiger partial charge >= 0.3 is 0 Å². The second kappa shape index (κ2) is 6.70. The number of rotatable bonds is 4. The van der Waals surface area contributed by atoms with Crippen molar-refractivity contribution in [1.82, 2.24) is 19.9 Å². The summed E-state index contributed by atoms with van der Waals surface area (Å²) < 4.78 is 1.70. The number of hydrogen-bond donors (Lipinski definition) is 1. The van der Waals surface area contributed by atoms with Crippen LogP contribution in [0.5, 0.6) is 0 Å². The van der Waals surface area contributed by atoms with Gasteiger partial charge in [0, 0.05) is 29.8 Å². The molecule has 0 radical (unpaired) electrons. The zero-order valence-corrected chi connectivity index (χ0v) is 16.6. The fourth-order valence-electron chi connectivity index (χ4n) is 5.01. The minimum atomic E-state index is 0.0963. The van der Waals surface area contributed by atoms with Gasteiger partial charge in [-0.3, -0.25) is 4.79 Å². The van der Waals surface area contributed by atoms with Crippen LogP contribution in [0.3, 0.4) is 0 Å². The number of hydrogen-bond acceptors (Lipinski definition) is 4. The zero-order valence-electron chi connectivity index (χ0n) is 16.6. The van der Waals surface area contributed by atoms with Crippen molar-refractivity contribution in [2.45, 2.75) is 51.5 Å². The molecule has 0 bridgehead atoms. The topological polar surface area (TPSA) is 83.1 Å². The Balaban J connectivity index is 1.27. The van der Waals surface area contributed by atoms with Crippen LogP contribution in [-0.4, -0.2) is 26.5 Å². The molecule has 1 N–H and O–H groups in total. The molecule has 5 rings (SSSR count). The van der Waals surface area contributed by atoms with E-state index < -0.39 is 0 Å². The molecule has 1 aromatic carbocycles. The lowest BCUT2D eigenvalue weighted by Gasteiger charge is -2.13. The summed E-state index contributed by atoms with van der Waals surface area (Å²) in [7, 11) is 0. The molecule has 0 spiro atoms. The summed E-state index contributed by atoms with van der Waals surface area (Å²) in [6.45, 7) is 3.90. The smallest absolute Gasteiger partial charge is 0.220 e. The van der Waals surface area contributed by atoms with Crippen molar-refractivity contribution in [3.8, 4) is 6.07 Å². The third-order valence-corrected chi connectivity index (χ3v) is 6.59. The summed E-state index contributed by atoms with van der Waals surface area (Å²) >= 11 is 0. The third kappa shape index (κ3) is 2.89. The maximum absolute atomic E-state index is 12.7. The predicted octanol–water partition coefficient (Wildman–Crippen LogP) is 3.00. The van der Waals surface area contributed by atoms with Crippen LogP contribution in [-0.2, 0) is 17.6 Å². The average Bonchev–Trinajstić information content (AvgIpc) is 3.26. The molecule has 0 aliphatic heterocycles. The van der Waals surface area contributed by atoms with E-state index in [9.17, 15) is 10.1 Å². The van der Waals surface area contributed by atoms with E-state index in [2.05, 4.69) is 45.7 Å². The van der Waals surface area contributed by atoms with Crippen molar-refractivity contribution in [2.75, 3.05) is 0 Å². The van der Waals surface area contributed by atoms with Crippen molar-refractivity contribution in [3.63, 3.8) is 0 Å². The van der Waals surface area contributed by atoms with Crippen LogP contribution < -0.4 is 5.32 Å². The van der Waals surface area contributed by atoms with Gasteiger partial charge in [-0.2, -0.15) is 10.4 Å². The predicted molar refractivity (Wildman–Crippen MR) is 108 cm³/mol. The normalized spacial score (nSPS) is 21.9. The van der Waals surface area contributed by atoms with E-state index in [1.54, 1.807) is 4.52 Å². The first-order valence-electron chi connectivity index (χ1n) is 10.2. The molecule has 29 heavy (non-hydrogen) atoms. The van der Waals surface area contributed by atoms with Crippen LogP contribution in [0.25, 0.3) is 5.65 Å². The standard InChI is InChI=1S/C23H23N5O/c1-13-17(14(2)28-23(26-13)16(11-24)12-25-28)9-10-20(29)27-22-19-8-7-15-5-3-4-6-18(15)21(19)22/h3-6,12,19,21-22H,7-10H2,1-2H3,(H,27,29). The second-order valence-corrected chi connectivity index (χ2v) is 8.19. The van der Waals surface area contributed by atoms with Gasteiger partial charge in [-0.05, 0) is 55.7 Å². The Morgan fingerprint density at radius 3 is 3.00 bits per heavy atom. The molecule has 146 valence electrons. The number of benzene rings is 1. The highest BCUT2D eigenvalue weighted by atomic mass is 16.1. The third-order valence-electron chi connectivity index (χ3n) is 6.59. The van der Waals surface area contributed by atoms with Crippen LogP contribution in [0.1, 0.15) is 52.4 Å². The molecule has 0 saturated heterocycles. The SMILES string of the molecule is Cc1nc2c(C#N)cnn2c(C)c1CCC(=O)NC1C2CCc3ccccc3C21. The van der Waals surface area contributed by atoms with E-state index >= 15 is 0 Å². The summed E-state index contributed by atoms with van der Waals surface area (Å²) in [4.78, 5) is 17.2. The number of nitriles is 1. The average molecular weight is 385 g/mol. The summed E-state index contributed by atoms with van der Waals surface area (Å²) in [5.74, 6) is 1.17. The molecule has 1 saturated carbocycles. The van der Waals surface area contributed by atoms with Gasteiger partial charge in [-0.25, -0.2) is 9.50 Å². The van der Waals surface area contributed by atoms with Gasteiger partial charge in [0.05, 0.1) is 6.20 Å². The molecule has 3 unspecified atom stereocenters. The molecule has 2 aliphatic carbocycles. The molecule has 1 fully saturated rings. The molecule has 1 amide bonds. The highest BCUT2D eigenvalue weighted by Crippen LogP contribution is 2.54. The maximum atomic E-state index is 12.7. The number of fused-ring (bicyclic) bond motifs is 4. The maximum Gasteiger partial charge on any atom is 0.220 e. The van der Waals surface area contributed by atoms with Crippen molar-refractivity contribution in [3.05, 3.63) is 64.1 Å². The number of carbonyl (C=O) groups is 1. The van der Waals surface area contributed by atoms with E-state index in [-0.39, 0.29) is 11.9 Å². The van der Waals surface area contributed by atoms with Crippen molar-refractivity contribution < 1.29 is 4.79 Å². The van der Waals surface area contributed by atoms with Crippen LogP contribution in [0.15, 0.2) is 30.5 Å². The number of aryl methyl sites for hydroxylation is 3. The monoisotopic (exact) mass is 385 g/mol. The van der Waals surface area contributed by atoms with E-state index in [0.717, 1.165) is 29.8 Å². The lowest BCUT2D eigenvalue weighted by atomic mass is 9.92. The number of carbonyl (C=O) groups excluding carboxylic acids is 1. The van der Waals surface area contributed by atoms with Gasteiger partial charge in [-0.15, -0.1) is 0 Å². The van der Waals surface area contributed by atoms with E-state index in [1.165, 1.54) is 17.3 Å². The Morgan fingerprint density at radius 2 is 2.17 bits per heavy atom. The molecule has 2 aliphatic rings. The molecular weight excluding hydrogens is 362 g/mol. The highest BCUT2D eigenvalue weighted by molar-refractivity contribution is 5.77. The Kier molecular flexibility index (Phi) is 4.13. The lowest BCUT2D eigenvalue weighted by Crippen LogP contribution is -2.28. The molecule has 6 heteroatoms. The van der Waals surface area contributed by atoms with E-state index in [4.69, 9.17) is 0 Å². The Morgan fingerprint density at radius 1 is 1.34 bits per heavy atom. The zero-order chi connectivity index (χ0) is 20.1. The number of nitrogens with zero attached hydrogens (tertiary/aromatic N) is 4. The van der Waals surface area contributed by atoms with Gasteiger partial charge < -0.3 is 5.32 Å². The summed E-state index contributed by atoms with van der Waals surface area (Å²) in [5, 5.41) is 16.7. The summed E-state index contributed by atoms with van der Waals surface area (Å²) in [6, 6.07) is 11.0. The Labute approximate surface area is 169 Å². The minimum absolute atomic E-state index is 0.0963. The van der Waals surface area contributed by atoms with Crippen molar-refractivity contribution in [1.29, 1.82) is 5.26 Å². The van der Waals surface area contributed by atoms with Crippen LogP contribution in [0, 0.1) is 31.1 Å². The molecule has 2 heterocycles. The molecule has 3 atom stereocenters. The first-order chi connectivity index (χ1) is 14.1. The lowest BCUT2D eigenvalue weighted by molar-refractivity contribution is -0.121. The fourth-order valence-corrected chi connectivity index (χ4v) is 5.01. The van der Waals surface area contributed by atoms with E-state index in [0.29, 0.717) is 35.9 Å². The van der Waals surface area contributed by atoms with Crippen LogP contribution >= 0.6 is 0 Å². The Bertz CT molecular complexity index is 1170. The van der Waals surface area contributed by atoms with Crippen LogP contribution in [0.4, 0.5) is 0 Å². The molecule has 3 aromatic rings. The minimum Gasteiger partial charge on any atom is -0.352 e. The van der Waals surface area contributed by atoms with Crippen molar-refractivity contribution >= 4 is 11.6 Å². The number of nitrogens with one attached hydrogen (secondary N) is 1. The first-order valence-corrected chi connectivity index (χ1v) is 10.2. The molecule has 2 aromatic heterocycles. The molecular formula is C23H23N5O.